The molecule has 57 heavy (non-hydrogen) atoms. The van der Waals surface area contributed by atoms with Crippen molar-refractivity contribution >= 4 is 44.9 Å². The Kier molecular flexibility index (Phi) is 8.53. The maximum Gasteiger partial charge on any atom is 0.0546 e. The number of benzene rings is 9. The third kappa shape index (κ3) is 6.16. The normalized spacial score (nSPS) is 12.5. The molecule has 0 amide bonds. The lowest BCUT2D eigenvalue weighted by Crippen LogP contribution is -2.16. The van der Waals surface area contributed by atoms with Crippen LogP contribution in [0.25, 0.3) is 44.2 Å². The molecule has 0 aliphatic heterocycles. The van der Waals surface area contributed by atoms with E-state index in [9.17, 15) is 0 Å². The Labute approximate surface area is 335 Å². The van der Waals surface area contributed by atoms with Gasteiger partial charge in [0.1, 0.15) is 0 Å². The van der Waals surface area contributed by atoms with Crippen LogP contribution in [0, 0.1) is 0 Å². The van der Waals surface area contributed by atoms with Crippen LogP contribution in [0.4, 0.5) is 34.1 Å². The second-order valence-electron chi connectivity index (χ2n) is 15.4. The molecule has 9 aromatic rings. The fourth-order valence-electron chi connectivity index (χ4n) is 8.73. The average Bonchev–Trinajstić information content (AvgIpc) is 3.50. The van der Waals surface area contributed by atoms with Crippen LogP contribution in [-0.4, -0.2) is 0 Å². The predicted octanol–water partition coefficient (Wildman–Crippen LogP) is 15.4. The lowest BCUT2D eigenvalue weighted by atomic mass is 9.82. The first kappa shape index (κ1) is 34.3. The Hall–Kier alpha value is -7.16. The third-order valence-electron chi connectivity index (χ3n) is 11.6. The quantitative estimate of drug-likeness (QED) is 0.154. The van der Waals surface area contributed by atoms with Crippen LogP contribution in [0.2, 0.25) is 0 Å². The van der Waals surface area contributed by atoms with Crippen LogP contribution in [0.3, 0.4) is 0 Å². The Morgan fingerprint density at radius 1 is 0.298 bits per heavy atom. The van der Waals surface area contributed by atoms with Gasteiger partial charge in [0.15, 0.2) is 0 Å². The number of rotatable bonds is 8. The van der Waals surface area contributed by atoms with E-state index in [-0.39, 0.29) is 5.41 Å². The molecule has 0 heterocycles. The number of fused-ring (bicyclic) bond motifs is 4. The molecule has 0 radical (unpaired) electrons. The number of hydrogen-bond acceptors (Lipinski definition) is 2. The van der Waals surface area contributed by atoms with Crippen LogP contribution in [0.1, 0.15) is 25.0 Å². The highest BCUT2D eigenvalue weighted by Crippen LogP contribution is 2.51. The van der Waals surface area contributed by atoms with Gasteiger partial charge in [-0.1, -0.05) is 159 Å². The van der Waals surface area contributed by atoms with Gasteiger partial charge < -0.3 is 9.80 Å². The SMILES string of the molecule is CC1(C)c2ccccc2-c2ccc(N(c3ccc(-c4ccccc4)cc3)c3ccc(N(c4ccccc4)c4cc5ccccc5cc4-c4ccccc4)cc3)cc21. The van der Waals surface area contributed by atoms with Crippen molar-refractivity contribution in [3.05, 3.63) is 230 Å². The minimum atomic E-state index is -0.110. The van der Waals surface area contributed by atoms with Crippen molar-refractivity contribution in [2.45, 2.75) is 19.3 Å². The highest BCUT2D eigenvalue weighted by Gasteiger charge is 2.35. The lowest BCUT2D eigenvalue weighted by molar-refractivity contribution is 0.660. The molecule has 0 saturated carbocycles. The standard InChI is InChI=1S/C55H42N2/c1-55(2)52-25-15-14-24-49(52)50-35-34-48(38-53(50)55)56(45-28-26-40(27-29-45)39-16-6-3-7-17-39)46-30-32-47(33-31-46)57(44-22-10-5-11-23-44)54-37-43-21-13-12-20-42(43)36-51(54)41-18-8-4-9-19-41/h3-38H,1-2H3. The van der Waals surface area contributed by atoms with Gasteiger partial charge in [0.05, 0.1) is 5.69 Å². The summed E-state index contributed by atoms with van der Waals surface area (Å²) >= 11 is 0. The molecule has 1 aliphatic carbocycles. The summed E-state index contributed by atoms with van der Waals surface area (Å²) in [6.07, 6.45) is 0. The molecule has 0 saturated heterocycles. The fraction of sp³-hybridized carbons (Fsp3) is 0.0545. The third-order valence-corrected chi connectivity index (χ3v) is 11.6. The van der Waals surface area contributed by atoms with E-state index in [2.05, 4.69) is 242 Å². The van der Waals surface area contributed by atoms with Crippen molar-refractivity contribution in [1.82, 2.24) is 0 Å². The second-order valence-corrected chi connectivity index (χ2v) is 15.4. The topological polar surface area (TPSA) is 6.48 Å². The van der Waals surface area contributed by atoms with E-state index in [1.165, 1.54) is 55.3 Å². The second kappa shape index (κ2) is 14.2. The molecule has 0 unspecified atom stereocenters. The molecular formula is C55H42N2. The first-order chi connectivity index (χ1) is 28.0. The number of hydrogen-bond donors (Lipinski definition) is 0. The van der Waals surface area contributed by atoms with Crippen molar-refractivity contribution in [2.24, 2.45) is 0 Å². The maximum atomic E-state index is 2.41. The highest BCUT2D eigenvalue weighted by atomic mass is 15.2. The molecule has 0 N–H and O–H groups in total. The van der Waals surface area contributed by atoms with E-state index in [1.807, 2.05) is 0 Å². The monoisotopic (exact) mass is 730 g/mol. The van der Waals surface area contributed by atoms with Crippen molar-refractivity contribution in [2.75, 3.05) is 9.80 Å². The molecule has 0 atom stereocenters. The number of nitrogens with zero attached hydrogens (tertiary/aromatic N) is 2. The van der Waals surface area contributed by atoms with Gasteiger partial charge in [-0.15, -0.1) is 0 Å². The average molecular weight is 731 g/mol. The maximum absolute atomic E-state index is 2.41. The van der Waals surface area contributed by atoms with Gasteiger partial charge in [-0.3, -0.25) is 0 Å². The molecule has 10 rings (SSSR count). The number of para-hydroxylation sites is 1. The zero-order valence-corrected chi connectivity index (χ0v) is 32.2. The summed E-state index contributed by atoms with van der Waals surface area (Å²) in [4.78, 5) is 4.79. The summed E-state index contributed by atoms with van der Waals surface area (Å²) in [6.45, 7) is 4.70. The minimum Gasteiger partial charge on any atom is -0.310 e. The zero-order valence-electron chi connectivity index (χ0n) is 32.2. The van der Waals surface area contributed by atoms with Crippen molar-refractivity contribution in [3.8, 4) is 33.4 Å². The molecule has 0 aromatic heterocycles. The Bertz CT molecular complexity index is 2840. The summed E-state index contributed by atoms with van der Waals surface area (Å²) in [7, 11) is 0. The van der Waals surface area contributed by atoms with E-state index >= 15 is 0 Å². The minimum absolute atomic E-state index is 0.110. The smallest absolute Gasteiger partial charge is 0.0546 e. The molecule has 0 spiro atoms. The lowest BCUT2D eigenvalue weighted by Gasteiger charge is -2.30. The van der Waals surface area contributed by atoms with E-state index in [0.717, 1.165) is 34.1 Å². The number of anilines is 6. The Morgan fingerprint density at radius 3 is 1.42 bits per heavy atom. The summed E-state index contributed by atoms with van der Waals surface area (Å²) < 4.78 is 0. The molecule has 2 nitrogen and oxygen atoms in total. The predicted molar refractivity (Wildman–Crippen MR) is 242 cm³/mol. The van der Waals surface area contributed by atoms with Gasteiger partial charge in [-0.2, -0.15) is 0 Å². The summed E-state index contributed by atoms with van der Waals surface area (Å²) in [5.74, 6) is 0. The van der Waals surface area contributed by atoms with Crippen molar-refractivity contribution in [1.29, 1.82) is 0 Å². The van der Waals surface area contributed by atoms with E-state index < -0.39 is 0 Å². The van der Waals surface area contributed by atoms with Crippen LogP contribution in [0.15, 0.2) is 218 Å². The molecule has 2 heteroatoms. The van der Waals surface area contributed by atoms with Gasteiger partial charge in [0.25, 0.3) is 0 Å². The molecule has 0 fully saturated rings. The molecule has 1 aliphatic rings. The van der Waals surface area contributed by atoms with Gasteiger partial charge in [-0.05, 0) is 123 Å². The first-order valence-corrected chi connectivity index (χ1v) is 19.8. The van der Waals surface area contributed by atoms with Gasteiger partial charge >= 0.3 is 0 Å². The van der Waals surface area contributed by atoms with Crippen LogP contribution >= 0.6 is 0 Å². The van der Waals surface area contributed by atoms with Gasteiger partial charge in [0.2, 0.25) is 0 Å². The van der Waals surface area contributed by atoms with Gasteiger partial charge in [0, 0.05) is 39.4 Å². The van der Waals surface area contributed by atoms with Crippen LogP contribution in [-0.2, 0) is 5.41 Å². The largest absolute Gasteiger partial charge is 0.310 e. The van der Waals surface area contributed by atoms with E-state index in [1.54, 1.807) is 0 Å². The highest BCUT2D eigenvalue weighted by molar-refractivity contribution is 5.98. The molecule has 9 aromatic carbocycles. The summed E-state index contributed by atoms with van der Waals surface area (Å²) in [5, 5.41) is 2.43. The Morgan fingerprint density at radius 2 is 0.754 bits per heavy atom. The summed E-state index contributed by atoms with van der Waals surface area (Å²) in [5.41, 5.74) is 16.7. The van der Waals surface area contributed by atoms with Crippen molar-refractivity contribution in [3.63, 3.8) is 0 Å². The van der Waals surface area contributed by atoms with E-state index in [0.29, 0.717) is 0 Å². The van der Waals surface area contributed by atoms with Crippen molar-refractivity contribution < 1.29 is 0 Å². The van der Waals surface area contributed by atoms with E-state index in [4.69, 9.17) is 0 Å². The zero-order chi connectivity index (χ0) is 38.3. The fourth-order valence-corrected chi connectivity index (χ4v) is 8.73. The van der Waals surface area contributed by atoms with Crippen LogP contribution < -0.4 is 9.80 Å². The molecule has 272 valence electrons. The van der Waals surface area contributed by atoms with Crippen LogP contribution in [0.5, 0.6) is 0 Å². The van der Waals surface area contributed by atoms with Gasteiger partial charge in [-0.25, -0.2) is 0 Å². The summed E-state index contributed by atoms with van der Waals surface area (Å²) in [6, 6.07) is 79.3. The molecule has 0 bridgehead atoms. The first-order valence-electron chi connectivity index (χ1n) is 19.8. The Balaban J connectivity index is 1.12. The molecular weight excluding hydrogens is 689 g/mol.